The fraction of sp³-hybridized carbons (Fsp3) is 0.111. The first-order chi connectivity index (χ1) is 12.0. The molecule has 1 heterocycles. The summed E-state index contributed by atoms with van der Waals surface area (Å²) in [6.45, 7) is 3.45. The maximum atomic E-state index is 13.1. The monoisotopic (exact) mass is 354 g/mol. The molecule has 0 aliphatic carbocycles. The summed E-state index contributed by atoms with van der Waals surface area (Å²) in [7, 11) is 0. The Bertz CT molecular complexity index is 985. The van der Waals surface area contributed by atoms with Crippen LogP contribution in [0.25, 0.3) is 5.69 Å². The maximum Gasteiger partial charge on any atom is 0.233 e. The molecule has 2 aromatic carbocycles. The van der Waals surface area contributed by atoms with E-state index in [0.29, 0.717) is 15.5 Å². The lowest BCUT2D eigenvalue weighted by atomic mass is 10.2. The van der Waals surface area contributed by atoms with Crippen molar-refractivity contribution in [2.45, 2.75) is 13.8 Å². The second-order valence-electron chi connectivity index (χ2n) is 5.39. The molecule has 0 unspecified atom stereocenters. The van der Waals surface area contributed by atoms with E-state index >= 15 is 0 Å². The first-order valence-electron chi connectivity index (χ1n) is 7.54. The number of nitrogens with zero attached hydrogens (tertiary/aromatic N) is 4. The number of benzene rings is 2. The molecule has 3 aromatic rings. The standard InChI is InChI=1S/C18H15FN4OS/c1-12-3-5-14(6-4-12)11-20-21-18-23(22-17(25-18)13(2)24)16-9-7-15(19)8-10-16/h3-11H,1-2H3/b20-11+,21-18-. The molecule has 7 heteroatoms. The van der Waals surface area contributed by atoms with Gasteiger partial charge >= 0.3 is 0 Å². The quantitative estimate of drug-likeness (QED) is 0.409. The molecule has 0 N–H and O–H groups in total. The van der Waals surface area contributed by atoms with Gasteiger partial charge in [-0.2, -0.15) is 10.2 Å². The molecule has 25 heavy (non-hydrogen) atoms. The van der Waals surface area contributed by atoms with Crippen LogP contribution in [-0.2, 0) is 0 Å². The molecular formula is C18H15FN4OS. The molecule has 0 bridgehead atoms. The molecule has 0 aliphatic heterocycles. The first kappa shape index (κ1) is 16.9. The number of aromatic nitrogens is 2. The molecule has 1 aromatic heterocycles. The Kier molecular flexibility index (Phi) is 4.95. The summed E-state index contributed by atoms with van der Waals surface area (Å²) in [4.78, 5) is 12.0. The molecule has 0 amide bonds. The van der Waals surface area contributed by atoms with Gasteiger partial charge < -0.3 is 0 Å². The number of Topliss-reactive ketones (excluding diaryl/α,β-unsaturated/α-hetero) is 1. The summed E-state index contributed by atoms with van der Waals surface area (Å²) < 4.78 is 14.6. The molecule has 0 saturated carbocycles. The van der Waals surface area contributed by atoms with Crippen LogP contribution in [0.3, 0.4) is 0 Å². The van der Waals surface area contributed by atoms with Gasteiger partial charge in [0.25, 0.3) is 0 Å². The van der Waals surface area contributed by atoms with Crippen LogP contribution >= 0.6 is 11.3 Å². The summed E-state index contributed by atoms with van der Waals surface area (Å²) >= 11 is 1.13. The molecule has 126 valence electrons. The smallest absolute Gasteiger partial charge is 0.233 e. The lowest BCUT2D eigenvalue weighted by molar-refractivity contribution is 0.101. The van der Waals surface area contributed by atoms with Gasteiger partial charge in [0.15, 0.2) is 10.8 Å². The van der Waals surface area contributed by atoms with Gasteiger partial charge in [-0.25, -0.2) is 9.07 Å². The average Bonchev–Trinajstić information content (AvgIpc) is 3.02. The van der Waals surface area contributed by atoms with E-state index in [2.05, 4.69) is 15.3 Å². The minimum atomic E-state index is -0.345. The third kappa shape index (κ3) is 4.13. The predicted molar refractivity (Wildman–Crippen MR) is 95.7 cm³/mol. The Morgan fingerprint density at radius 2 is 1.84 bits per heavy atom. The van der Waals surface area contributed by atoms with Crippen molar-refractivity contribution in [3.05, 3.63) is 75.3 Å². The summed E-state index contributed by atoms with van der Waals surface area (Å²) in [5, 5.41) is 12.8. The van der Waals surface area contributed by atoms with Gasteiger partial charge in [0.1, 0.15) is 5.82 Å². The van der Waals surface area contributed by atoms with E-state index in [1.54, 1.807) is 18.3 Å². The molecule has 0 radical (unpaired) electrons. The van der Waals surface area contributed by atoms with Gasteiger partial charge in [-0.05, 0) is 36.8 Å². The molecule has 0 atom stereocenters. The highest BCUT2D eigenvalue weighted by Crippen LogP contribution is 2.09. The third-order valence-corrected chi connectivity index (χ3v) is 4.36. The van der Waals surface area contributed by atoms with Crippen LogP contribution in [0.2, 0.25) is 0 Å². The number of carbonyl (C=O) groups excluding carboxylic acids is 1. The lowest BCUT2D eigenvalue weighted by Gasteiger charge is -1.99. The number of halogens is 1. The molecule has 0 saturated heterocycles. The summed E-state index contributed by atoms with van der Waals surface area (Å²) in [6, 6.07) is 13.7. The molecule has 3 rings (SSSR count). The number of rotatable bonds is 4. The van der Waals surface area contributed by atoms with Crippen molar-refractivity contribution in [2.75, 3.05) is 0 Å². The van der Waals surface area contributed by atoms with E-state index in [1.165, 1.54) is 23.7 Å². The Balaban J connectivity index is 2.00. The highest BCUT2D eigenvalue weighted by atomic mass is 32.1. The van der Waals surface area contributed by atoms with Gasteiger partial charge in [0.05, 0.1) is 11.9 Å². The number of carbonyl (C=O) groups is 1. The second-order valence-corrected chi connectivity index (χ2v) is 6.35. The topological polar surface area (TPSA) is 59.6 Å². The fourth-order valence-electron chi connectivity index (χ4n) is 2.04. The van der Waals surface area contributed by atoms with Crippen molar-refractivity contribution < 1.29 is 9.18 Å². The van der Waals surface area contributed by atoms with E-state index in [0.717, 1.165) is 22.5 Å². The highest BCUT2D eigenvalue weighted by Gasteiger charge is 2.10. The Labute approximate surface area is 147 Å². The number of aryl methyl sites for hydroxylation is 1. The molecule has 5 nitrogen and oxygen atoms in total. The van der Waals surface area contributed by atoms with Crippen molar-refractivity contribution in [3.63, 3.8) is 0 Å². The zero-order valence-electron chi connectivity index (χ0n) is 13.7. The number of hydrogen-bond donors (Lipinski definition) is 0. The van der Waals surface area contributed by atoms with E-state index < -0.39 is 0 Å². The van der Waals surface area contributed by atoms with E-state index in [1.807, 2.05) is 31.2 Å². The lowest BCUT2D eigenvalue weighted by Crippen LogP contribution is -2.14. The van der Waals surface area contributed by atoms with Crippen molar-refractivity contribution >= 4 is 23.3 Å². The fourth-order valence-corrected chi connectivity index (χ4v) is 2.80. The zero-order valence-corrected chi connectivity index (χ0v) is 14.5. The summed E-state index contributed by atoms with van der Waals surface area (Å²) in [5.74, 6) is -0.507. The number of ketones is 1. The highest BCUT2D eigenvalue weighted by molar-refractivity contribution is 7.10. The summed E-state index contributed by atoms with van der Waals surface area (Å²) in [6.07, 6.45) is 1.63. The van der Waals surface area contributed by atoms with Gasteiger partial charge in [0, 0.05) is 6.92 Å². The maximum absolute atomic E-state index is 13.1. The normalized spacial score (nSPS) is 12.0. The molecule has 0 spiro atoms. The van der Waals surface area contributed by atoms with Gasteiger partial charge in [-0.1, -0.05) is 41.2 Å². The van der Waals surface area contributed by atoms with Crippen LogP contribution in [0.15, 0.2) is 58.7 Å². The first-order valence-corrected chi connectivity index (χ1v) is 8.35. The van der Waals surface area contributed by atoms with Gasteiger partial charge in [0.2, 0.25) is 4.80 Å². The molecular weight excluding hydrogens is 339 g/mol. The zero-order chi connectivity index (χ0) is 17.8. The van der Waals surface area contributed by atoms with E-state index in [4.69, 9.17) is 0 Å². The van der Waals surface area contributed by atoms with Crippen LogP contribution in [-0.4, -0.2) is 21.8 Å². The number of hydrogen-bond acceptors (Lipinski definition) is 5. The van der Waals surface area contributed by atoms with Gasteiger partial charge in [-0.3, -0.25) is 4.79 Å². The van der Waals surface area contributed by atoms with Crippen LogP contribution in [0.5, 0.6) is 0 Å². The van der Waals surface area contributed by atoms with Crippen LogP contribution in [0.1, 0.15) is 27.9 Å². The Morgan fingerprint density at radius 3 is 2.48 bits per heavy atom. The third-order valence-electron chi connectivity index (χ3n) is 3.36. The SMILES string of the molecule is CC(=O)c1nn(-c2ccc(F)cc2)/c(=N/N=C/c2ccc(C)cc2)s1. The largest absolute Gasteiger partial charge is 0.292 e. The van der Waals surface area contributed by atoms with E-state index in [-0.39, 0.29) is 11.6 Å². The predicted octanol–water partition coefficient (Wildman–Crippen LogP) is 3.52. The van der Waals surface area contributed by atoms with Crippen molar-refractivity contribution in [2.24, 2.45) is 10.2 Å². The molecule has 0 fully saturated rings. The Morgan fingerprint density at radius 1 is 1.16 bits per heavy atom. The van der Waals surface area contributed by atoms with Crippen LogP contribution in [0, 0.1) is 12.7 Å². The van der Waals surface area contributed by atoms with Crippen molar-refractivity contribution in [1.29, 1.82) is 0 Å². The van der Waals surface area contributed by atoms with Gasteiger partial charge in [-0.15, -0.1) is 5.10 Å². The molecule has 0 aliphatic rings. The second kappa shape index (κ2) is 7.31. The van der Waals surface area contributed by atoms with Crippen molar-refractivity contribution in [1.82, 2.24) is 9.78 Å². The summed E-state index contributed by atoms with van der Waals surface area (Å²) in [5.41, 5.74) is 2.69. The minimum Gasteiger partial charge on any atom is -0.292 e. The van der Waals surface area contributed by atoms with E-state index in [9.17, 15) is 9.18 Å². The Hall–Kier alpha value is -2.93. The van der Waals surface area contributed by atoms with Crippen LogP contribution in [0.4, 0.5) is 4.39 Å². The minimum absolute atomic E-state index is 0.162. The average molecular weight is 354 g/mol. The van der Waals surface area contributed by atoms with Crippen molar-refractivity contribution in [3.8, 4) is 5.69 Å². The van der Waals surface area contributed by atoms with Crippen LogP contribution < -0.4 is 4.80 Å².